The van der Waals surface area contributed by atoms with Gasteiger partial charge in [0.2, 0.25) is 0 Å². The second kappa shape index (κ2) is 5.74. The van der Waals surface area contributed by atoms with E-state index in [-0.39, 0.29) is 12.0 Å². The Hall–Kier alpha value is -1.35. The molecule has 0 aliphatic carbocycles. The number of hydrogen-bond acceptors (Lipinski definition) is 3. The third kappa shape index (κ3) is 3.57. The van der Waals surface area contributed by atoms with Crippen LogP contribution in [0.4, 0.5) is 0 Å². The molecule has 0 spiro atoms. The van der Waals surface area contributed by atoms with Crippen molar-refractivity contribution in [3.8, 4) is 0 Å². The highest BCUT2D eigenvalue weighted by Crippen LogP contribution is 2.23. The zero-order valence-corrected chi connectivity index (χ0v) is 13.0. The van der Waals surface area contributed by atoms with Gasteiger partial charge >= 0.3 is 5.97 Å². The van der Waals surface area contributed by atoms with Gasteiger partial charge in [0.1, 0.15) is 5.54 Å². The van der Waals surface area contributed by atoms with Gasteiger partial charge in [0.15, 0.2) is 0 Å². The van der Waals surface area contributed by atoms with Crippen LogP contribution in [0.15, 0.2) is 12.1 Å². The van der Waals surface area contributed by atoms with Crippen LogP contribution in [-0.4, -0.2) is 18.6 Å². The Balaban J connectivity index is 2.99. The fraction of sp³-hybridized carbons (Fsp3) is 0.562. The van der Waals surface area contributed by atoms with Crippen molar-refractivity contribution in [1.82, 2.24) is 5.32 Å². The number of aryl methyl sites for hydroxylation is 3. The number of benzene rings is 1. The maximum absolute atomic E-state index is 11.7. The highest BCUT2D eigenvalue weighted by Gasteiger charge is 2.30. The molecule has 1 aromatic carbocycles. The number of hydrogen-bond donors (Lipinski definition) is 1. The molecule has 1 rings (SSSR count). The molecule has 1 unspecified atom stereocenters. The van der Waals surface area contributed by atoms with Crippen LogP contribution in [0, 0.1) is 20.8 Å². The molecule has 0 aliphatic heterocycles. The lowest BCUT2D eigenvalue weighted by atomic mass is 9.94. The van der Waals surface area contributed by atoms with E-state index in [0.29, 0.717) is 0 Å². The summed E-state index contributed by atoms with van der Waals surface area (Å²) in [5.41, 5.74) is 4.33. The van der Waals surface area contributed by atoms with Crippen LogP contribution in [0.2, 0.25) is 0 Å². The second-order valence-corrected chi connectivity index (χ2v) is 5.78. The highest BCUT2D eigenvalue weighted by atomic mass is 16.5. The minimum absolute atomic E-state index is 0.0911. The predicted octanol–water partition coefficient (Wildman–Crippen LogP) is 3.21. The van der Waals surface area contributed by atoms with E-state index in [1.54, 1.807) is 0 Å². The quantitative estimate of drug-likeness (QED) is 0.848. The normalized spacial score (nSPS) is 13.2. The number of carbonyl (C=O) groups is 1. The molecule has 19 heavy (non-hydrogen) atoms. The van der Waals surface area contributed by atoms with Crippen molar-refractivity contribution in [3.63, 3.8) is 0 Å². The molecule has 1 atom stereocenters. The molecule has 106 valence electrons. The van der Waals surface area contributed by atoms with Crippen molar-refractivity contribution in [3.05, 3.63) is 34.4 Å². The molecule has 0 aromatic heterocycles. The minimum Gasteiger partial charge on any atom is -0.468 e. The summed E-state index contributed by atoms with van der Waals surface area (Å²) in [5.74, 6) is -0.249. The van der Waals surface area contributed by atoms with E-state index in [1.165, 1.54) is 29.4 Å². The van der Waals surface area contributed by atoms with Gasteiger partial charge in [-0.05, 0) is 63.8 Å². The molecule has 0 radical (unpaired) electrons. The molecule has 3 nitrogen and oxygen atoms in total. The van der Waals surface area contributed by atoms with Crippen LogP contribution < -0.4 is 5.32 Å². The molecule has 0 saturated carbocycles. The summed E-state index contributed by atoms with van der Waals surface area (Å²) >= 11 is 0. The van der Waals surface area contributed by atoms with Crippen LogP contribution in [0.3, 0.4) is 0 Å². The average Bonchev–Trinajstić information content (AvgIpc) is 2.31. The number of methoxy groups -OCH3 is 1. The lowest BCUT2D eigenvalue weighted by Gasteiger charge is -2.29. The third-order valence-electron chi connectivity index (χ3n) is 3.62. The smallest absolute Gasteiger partial charge is 0.325 e. The first-order valence-corrected chi connectivity index (χ1v) is 6.63. The number of rotatable bonds is 4. The Labute approximate surface area is 116 Å². The van der Waals surface area contributed by atoms with E-state index < -0.39 is 5.54 Å². The molecule has 0 aliphatic rings. The van der Waals surface area contributed by atoms with Gasteiger partial charge in [-0.2, -0.15) is 0 Å². The van der Waals surface area contributed by atoms with Crippen molar-refractivity contribution >= 4 is 5.97 Å². The van der Waals surface area contributed by atoms with Gasteiger partial charge in [0.25, 0.3) is 0 Å². The van der Waals surface area contributed by atoms with E-state index in [4.69, 9.17) is 4.74 Å². The van der Waals surface area contributed by atoms with Gasteiger partial charge in [-0.3, -0.25) is 10.1 Å². The first kappa shape index (κ1) is 15.7. The molecular formula is C16H25NO2. The SMILES string of the molecule is COC(=O)C(C)(C)NC(C)c1cc(C)c(C)cc1C. The van der Waals surface area contributed by atoms with Crippen molar-refractivity contribution in [2.45, 2.75) is 53.1 Å². The van der Waals surface area contributed by atoms with Gasteiger partial charge in [-0.25, -0.2) is 0 Å². The Morgan fingerprint density at radius 3 is 2.21 bits per heavy atom. The zero-order chi connectivity index (χ0) is 14.8. The van der Waals surface area contributed by atoms with Gasteiger partial charge in [0, 0.05) is 6.04 Å². The summed E-state index contributed by atoms with van der Waals surface area (Å²) in [5, 5.41) is 3.34. The maximum Gasteiger partial charge on any atom is 0.325 e. The lowest BCUT2D eigenvalue weighted by Crippen LogP contribution is -2.48. The molecular weight excluding hydrogens is 238 g/mol. The molecule has 1 aromatic rings. The largest absolute Gasteiger partial charge is 0.468 e. The lowest BCUT2D eigenvalue weighted by molar-refractivity contribution is -0.147. The molecule has 0 fully saturated rings. The molecule has 1 N–H and O–H groups in total. The van der Waals surface area contributed by atoms with Crippen molar-refractivity contribution in [1.29, 1.82) is 0 Å². The van der Waals surface area contributed by atoms with Crippen LogP contribution in [0.25, 0.3) is 0 Å². The summed E-state index contributed by atoms with van der Waals surface area (Å²) < 4.78 is 4.82. The number of esters is 1. The second-order valence-electron chi connectivity index (χ2n) is 5.78. The molecule has 0 bridgehead atoms. The van der Waals surface area contributed by atoms with Crippen LogP contribution in [0.1, 0.15) is 49.1 Å². The number of ether oxygens (including phenoxy) is 1. The molecule has 0 heterocycles. The Bertz CT molecular complexity index is 478. The highest BCUT2D eigenvalue weighted by molar-refractivity contribution is 5.79. The van der Waals surface area contributed by atoms with Crippen LogP contribution in [0.5, 0.6) is 0 Å². The molecule has 0 amide bonds. The average molecular weight is 263 g/mol. The van der Waals surface area contributed by atoms with Gasteiger partial charge in [-0.1, -0.05) is 12.1 Å². The first-order valence-electron chi connectivity index (χ1n) is 6.63. The fourth-order valence-electron chi connectivity index (χ4n) is 2.38. The summed E-state index contributed by atoms with van der Waals surface area (Å²) in [6.07, 6.45) is 0. The summed E-state index contributed by atoms with van der Waals surface area (Å²) in [7, 11) is 1.41. The monoisotopic (exact) mass is 263 g/mol. The minimum atomic E-state index is -0.695. The third-order valence-corrected chi connectivity index (χ3v) is 3.62. The van der Waals surface area contributed by atoms with Gasteiger partial charge < -0.3 is 4.74 Å². The zero-order valence-electron chi connectivity index (χ0n) is 13.0. The van der Waals surface area contributed by atoms with Gasteiger partial charge in [0.05, 0.1) is 7.11 Å². The van der Waals surface area contributed by atoms with E-state index >= 15 is 0 Å². The topological polar surface area (TPSA) is 38.3 Å². The van der Waals surface area contributed by atoms with E-state index in [9.17, 15) is 4.79 Å². The Morgan fingerprint density at radius 2 is 1.68 bits per heavy atom. The summed E-state index contributed by atoms with van der Waals surface area (Å²) in [4.78, 5) is 11.7. The fourth-order valence-corrected chi connectivity index (χ4v) is 2.38. The Kier molecular flexibility index (Phi) is 4.75. The molecule has 3 heteroatoms. The van der Waals surface area contributed by atoms with Crippen molar-refractivity contribution in [2.24, 2.45) is 0 Å². The number of carbonyl (C=O) groups excluding carboxylic acids is 1. The summed E-state index contributed by atoms with van der Waals surface area (Å²) in [6, 6.07) is 4.47. The number of nitrogens with one attached hydrogen (secondary N) is 1. The van der Waals surface area contributed by atoms with Crippen LogP contribution >= 0.6 is 0 Å². The molecule has 0 saturated heterocycles. The van der Waals surface area contributed by atoms with Crippen molar-refractivity contribution in [2.75, 3.05) is 7.11 Å². The Morgan fingerprint density at radius 1 is 1.16 bits per heavy atom. The standard InChI is InChI=1S/C16H25NO2/c1-10-8-12(3)14(9-11(10)2)13(4)17-16(5,6)15(18)19-7/h8-9,13,17H,1-7H3. The van der Waals surface area contributed by atoms with E-state index in [1.807, 2.05) is 13.8 Å². The van der Waals surface area contributed by atoms with Crippen molar-refractivity contribution < 1.29 is 9.53 Å². The van der Waals surface area contributed by atoms with E-state index in [2.05, 4.69) is 45.1 Å². The van der Waals surface area contributed by atoms with E-state index in [0.717, 1.165) is 0 Å². The van der Waals surface area contributed by atoms with Crippen LogP contribution in [-0.2, 0) is 9.53 Å². The summed E-state index contributed by atoms with van der Waals surface area (Å²) in [6.45, 7) is 12.1. The maximum atomic E-state index is 11.7. The van der Waals surface area contributed by atoms with Gasteiger partial charge in [-0.15, -0.1) is 0 Å². The predicted molar refractivity (Wildman–Crippen MR) is 78.3 cm³/mol. The first-order chi connectivity index (χ1) is 8.69.